The van der Waals surface area contributed by atoms with E-state index < -0.39 is 5.97 Å². The number of benzene rings is 1. The van der Waals surface area contributed by atoms with Crippen LogP contribution in [0.5, 0.6) is 0 Å². The third-order valence-electron chi connectivity index (χ3n) is 3.09. The Kier molecular flexibility index (Phi) is 7.54. The molecule has 21 heavy (non-hydrogen) atoms. The van der Waals surface area contributed by atoms with Crippen molar-refractivity contribution in [2.75, 3.05) is 5.32 Å². The van der Waals surface area contributed by atoms with Gasteiger partial charge >= 0.3 is 5.97 Å². The molecule has 1 aromatic rings. The maximum atomic E-state index is 11.9. The van der Waals surface area contributed by atoms with E-state index in [-0.39, 0.29) is 27.2 Å². The fourth-order valence-corrected chi connectivity index (χ4v) is 2.42. The lowest BCUT2D eigenvalue weighted by atomic mass is 10.1. The fourth-order valence-electron chi connectivity index (χ4n) is 1.97. The van der Waals surface area contributed by atoms with Crippen molar-refractivity contribution in [2.45, 2.75) is 45.4 Å². The standard InChI is InChI=1S/C15H19Cl2NO3/c1-2-3-4-5-6-7-12(19)18-14-11(17)9-8-10(16)13(14)15(20)21/h8-9H,2-7H2,1H3,(H,18,19)(H,20,21). The molecule has 0 heterocycles. The summed E-state index contributed by atoms with van der Waals surface area (Å²) < 4.78 is 0. The zero-order chi connectivity index (χ0) is 15.8. The summed E-state index contributed by atoms with van der Waals surface area (Å²) in [7, 11) is 0. The number of anilines is 1. The van der Waals surface area contributed by atoms with E-state index in [0.29, 0.717) is 6.42 Å². The summed E-state index contributed by atoms with van der Waals surface area (Å²) in [6.45, 7) is 2.13. The number of carbonyl (C=O) groups excluding carboxylic acids is 1. The number of carboxylic acid groups (broad SMARTS) is 1. The van der Waals surface area contributed by atoms with Gasteiger partial charge in [-0.2, -0.15) is 0 Å². The molecular formula is C15H19Cl2NO3. The minimum atomic E-state index is -1.22. The van der Waals surface area contributed by atoms with Crippen molar-refractivity contribution in [1.29, 1.82) is 0 Å². The summed E-state index contributed by atoms with van der Waals surface area (Å²) in [5, 5.41) is 11.9. The largest absolute Gasteiger partial charge is 0.478 e. The summed E-state index contributed by atoms with van der Waals surface area (Å²) in [5.41, 5.74) is -0.112. The molecule has 1 aromatic carbocycles. The molecule has 0 aliphatic carbocycles. The smallest absolute Gasteiger partial charge is 0.339 e. The molecule has 0 aliphatic heterocycles. The quantitative estimate of drug-likeness (QED) is 0.659. The molecular weight excluding hydrogens is 313 g/mol. The van der Waals surface area contributed by atoms with Gasteiger partial charge in [-0.1, -0.05) is 55.8 Å². The highest BCUT2D eigenvalue weighted by Gasteiger charge is 2.19. The van der Waals surface area contributed by atoms with Crippen molar-refractivity contribution in [2.24, 2.45) is 0 Å². The molecule has 6 heteroatoms. The van der Waals surface area contributed by atoms with Gasteiger partial charge in [0.15, 0.2) is 0 Å². The molecule has 116 valence electrons. The molecule has 0 saturated carbocycles. The predicted octanol–water partition coefficient (Wildman–Crippen LogP) is 4.99. The number of carbonyl (C=O) groups is 2. The first-order valence-corrected chi connectivity index (χ1v) is 7.74. The second-order valence-electron chi connectivity index (χ2n) is 4.80. The minimum absolute atomic E-state index is 0.0464. The zero-order valence-electron chi connectivity index (χ0n) is 11.9. The number of aromatic carboxylic acids is 1. The van der Waals surface area contributed by atoms with E-state index in [1.165, 1.54) is 12.1 Å². The number of nitrogens with one attached hydrogen (secondary N) is 1. The first-order chi connectivity index (χ1) is 9.97. The molecule has 0 saturated heterocycles. The zero-order valence-corrected chi connectivity index (χ0v) is 13.4. The monoisotopic (exact) mass is 331 g/mol. The van der Waals surface area contributed by atoms with Crippen LogP contribution in [0.4, 0.5) is 5.69 Å². The summed E-state index contributed by atoms with van der Waals surface area (Å²) in [6.07, 6.45) is 5.49. The maximum Gasteiger partial charge on any atom is 0.339 e. The van der Waals surface area contributed by atoms with Gasteiger partial charge < -0.3 is 10.4 Å². The number of hydrogen-bond donors (Lipinski definition) is 2. The Hall–Kier alpha value is -1.26. The third kappa shape index (κ3) is 5.56. The van der Waals surface area contributed by atoms with Gasteiger partial charge in [0.2, 0.25) is 5.91 Å². The van der Waals surface area contributed by atoms with Crippen LogP contribution in [0.15, 0.2) is 12.1 Å². The lowest BCUT2D eigenvalue weighted by Crippen LogP contribution is -2.15. The van der Waals surface area contributed by atoms with Gasteiger partial charge in [-0.3, -0.25) is 4.79 Å². The van der Waals surface area contributed by atoms with E-state index in [1.54, 1.807) is 0 Å². The van der Waals surface area contributed by atoms with E-state index in [9.17, 15) is 9.59 Å². The first kappa shape index (κ1) is 17.8. The molecule has 0 unspecified atom stereocenters. The number of halogens is 2. The normalized spacial score (nSPS) is 10.4. The Morgan fingerprint density at radius 1 is 1.10 bits per heavy atom. The van der Waals surface area contributed by atoms with Crippen LogP contribution in [-0.2, 0) is 4.79 Å². The third-order valence-corrected chi connectivity index (χ3v) is 3.72. The van der Waals surface area contributed by atoms with Gasteiger partial charge in [-0.25, -0.2) is 4.79 Å². The van der Waals surface area contributed by atoms with E-state index in [4.69, 9.17) is 28.3 Å². The minimum Gasteiger partial charge on any atom is -0.478 e. The molecule has 0 spiro atoms. The Morgan fingerprint density at radius 3 is 2.33 bits per heavy atom. The Balaban J connectivity index is 2.68. The second-order valence-corrected chi connectivity index (χ2v) is 5.61. The fraction of sp³-hybridized carbons (Fsp3) is 0.467. The average molecular weight is 332 g/mol. The maximum absolute atomic E-state index is 11.9. The van der Waals surface area contributed by atoms with Gasteiger partial charge in [-0.15, -0.1) is 0 Å². The highest BCUT2D eigenvalue weighted by atomic mass is 35.5. The van der Waals surface area contributed by atoms with Crippen LogP contribution in [0.25, 0.3) is 0 Å². The molecule has 1 amide bonds. The van der Waals surface area contributed by atoms with Crippen molar-refractivity contribution in [3.05, 3.63) is 27.7 Å². The Morgan fingerprint density at radius 2 is 1.71 bits per heavy atom. The first-order valence-electron chi connectivity index (χ1n) is 6.98. The molecule has 4 nitrogen and oxygen atoms in total. The number of amides is 1. The van der Waals surface area contributed by atoms with Crippen LogP contribution >= 0.6 is 23.2 Å². The summed E-state index contributed by atoms with van der Waals surface area (Å²) in [5.74, 6) is -1.47. The highest BCUT2D eigenvalue weighted by molar-refractivity contribution is 6.38. The summed E-state index contributed by atoms with van der Waals surface area (Å²) >= 11 is 11.8. The molecule has 0 bridgehead atoms. The molecule has 2 N–H and O–H groups in total. The molecule has 0 aliphatic rings. The Bertz CT molecular complexity index is 518. The molecule has 0 aromatic heterocycles. The van der Waals surface area contributed by atoms with Crippen LogP contribution in [0, 0.1) is 0 Å². The van der Waals surface area contributed by atoms with Crippen LogP contribution in [0.3, 0.4) is 0 Å². The lowest BCUT2D eigenvalue weighted by Gasteiger charge is -2.11. The van der Waals surface area contributed by atoms with Crippen molar-refractivity contribution in [3.8, 4) is 0 Å². The topological polar surface area (TPSA) is 66.4 Å². The lowest BCUT2D eigenvalue weighted by molar-refractivity contribution is -0.116. The van der Waals surface area contributed by atoms with E-state index in [0.717, 1.165) is 32.1 Å². The number of unbranched alkanes of at least 4 members (excludes halogenated alkanes) is 4. The molecule has 0 radical (unpaired) electrons. The van der Waals surface area contributed by atoms with E-state index in [1.807, 2.05) is 0 Å². The predicted molar refractivity (Wildman–Crippen MR) is 85.4 cm³/mol. The van der Waals surface area contributed by atoms with Gasteiger partial charge in [0.05, 0.1) is 15.7 Å². The highest BCUT2D eigenvalue weighted by Crippen LogP contribution is 2.32. The molecule has 0 atom stereocenters. The number of rotatable bonds is 8. The number of carboxylic acids is 1. The van der Waals surface area contributed by atoms with Gasteiger partial charge in [0.1, 0.15) is 5.56 Å². The van der Waals surface area contributed by atoms with Crippen molar-refractivity contribution in [3.63, 3.8) is 0 Å². The van der Waals surface area contributed by atoms with Gasteiger partial charge in [0, 0.05) is 6.42 Å². The summed E-state index contributed by atoms with van der Waals surface area (Å²) in [6, 6.07) is 2.86. The molecule has 1 rings (SSSR count). The molecule has 0 fully saturated rings. The van der Waals surface area contributed by atoms with Crippen molar-refractivity contribution >= 4 is 40.8 Å². The second kappa shape index (κ2) is 8.90. The van der Waals surface area contributed by atoms with Crippen LogP contribution < -0.4 is 5.32 Å². The van der Waals surface area contributed by atoms with E-state index >= 15 is 0 Å². The Labute approximate surface area is 134 Å². The van der Waals surface area contributed by atoms with Crippen LogP contribution in [0.1, 0.15) is 55.8 Å². The summed E-state index contributed by atoms with van der Waals surface area (Å²) in [4.78, 5) is 23.1. The van der Waals surface area contributed by atoms with Crippen molar-refractivity contribution in [1.82, 2.24) is 0 Å². The number of hydrogen-bond acceptors (Lipinski definition) is 2. The average Bonchev–Trinajstić information content (AvgIpc) is 2.42. The van der Waals surface area contributed by atoms with Crippen LogP contribution in [0.2, 0.25) is 10.0 Å². The van der Waals surface area contributed by atoms with Crippen LogP contribution in [-0.4, -0.2) is 17.0 Å². The van der Waals surface area contributed by atoms with Crippen molar-refractivity contribution < 1.29 is 14.7 Å². The SMILES string of the molecule is CCCCCCCC(=O)Nc1c(Cl)ccc(Cl)c1C(=O)O. The van der Waals surface area contributed by atoms with Gasteiger partial charge in [0.25, 0.3) is 0 Å². The van der Waals surface area contributed by atoms with Gasteiger partial charge in [-0.05, 0) is 18.6 Å². The van der Waals surface area contributed by atoms with E-state index in [2.05, 4.69) is 12.2 Å².